The molecular formula is C26H32N7O2P. The average Bonchev–Trinajstić information content (AvgIpc) is 3.50. The first-order chi connectivity index (χ1) is 17.3. The number of fused-ring (bicyclic) bond motifs is 1. The Balaban J connectivity index is 1.46. The number of hydrogen-bond acceptors (Lipinski definition) is 7. The van der Waals surface area contributed by atoms with Crippen molar-refractivity contribution in [2.75, 3.05) is 24.5 Å². The molecule has 3 aliphatic rings. The summed E-state index contributed by atoms with van der Waals surface area (Å²) >= 11 is 0. The van der Waals surface area contributed by atoms with Crippen LogP contribution in [0.5, 0.6) is 0 Å². The molecule has 0 saturated carbocycles. The predicted molar refractivity (Wildman–Crippen MR) is 141 cm³/mol. The fourth-order valence-corrected chi connectivity index (χ4v) is 6.05. The third-order valence-corrected chi connectivity index (χ3v) is 8.87. The molecule has 0 N–H and O–H groups in total. The highest BCUT2D eigenvalue weighted by molar-refractivity contribution is 7.23. The lowest BCUT2D eigenvalue weighted by Crippen LogP contribution is -2.40. The number of likely N-dealkylation sites (tertiary alicyclic amines) is 1. The van der Waals surface area contributed by atoms with Crippen molar-refractivity contribution >= 4 is 26.6 Å². The molecule has 3 unspecified atom stereocenters. The second kappa shape index (κ2) is 9.74. The van der Waals surface area contributed by atoms with E-state index in [1.807, 2.05) is 29.0 Å². The molecule has 0 bridgehead atoms. The zero-order chi connectivity index (χ0) is 25.6. The van der Waals surface area contributed by atoms with E-state index in [9.17, 15) is 15.0 Å². The zero-order valence-electron chi connectivity index (χ0n) is 21.1. The van der Waals surface area contributed by atoms with Gasteiger partial charge in [-0.1, -0.05) is 10.7 Å². The molecule has 1 amide bonds. The maximum atomic E-state index is 13.7. The van der Waals surface area contributed by atoms with Gasteiger partial charge in [0.05, 0.1) is 23.7 Å². The molecule has 2 aromatic rings. The number of carbonyl (C=O) groups excluding carboxylic acids is 1. The number of rotatable bonds is 4. The van der Waals surface area contributed by atoms with Gasteiger partial charge in [-0.3, -0.25) is 4.79 Å². The Hall–Kier alpha value is -3.11. The van der Waals surface area contributed by atoms with Gasteiger partial charge in [0, 0.05) is 43.0 Å². The van der Waals surface area contributed by atoms with Gasteiger partial charge >= 0.3 is 0 Å². The molecule has 1 aliphatic carbocycles. The van der Waals surface area contributed by atoms with Crippen LogP contribution in [-0.4, -0.2) is 51.1 Å². The van der Waals surface area contributed by atoms with E-state index >= 15 is 0 Å². The number of hydrogen-bond donors (Lipinski definition) is 0. The van der Waals surface area contributed by atoms with E-state index in [1.165, 1.54) is 5.57 Å². The van der Waals surface area contributed by atoms with Crippen molar-refractivity contribution < 1.29 is 4.79 Å². The molecule has 5 rings (SSSR count). The number of piperidine rings is 1. The molecule has 0 radical (unpaired) electrons. The van der Waals surface area contributed by atoms with Crippen molar-refractivity contribution in [3.63, 3.8) is 0 Å². The normalized spacial score (nSPS) is 25.0. The van der Waals surface area contributed by atoms with Gasteiger partial charge in [-0.15, -0.1) is 9.24 Å². The summed E-state index contributed by atoms with van der Waals surface area (Å²) in [6.45, 7) is 7.69. The highest BCUT2D eigenvalue weighted by atomic mass is 31.0. The Kier molecular flexibility index (Phi) is 6.65. The van der Waals surface area contributed by atoms with E-state index in [1.54, 1.807) is 4.52 Å². The van der Waals surface area contributed by atoms with Crippen LogP contribution >= 0.6 is 9.24 Å². The summed E-state index contributed by atoms with van der Waals surface area (Å²) in [5.74, 6) is 0.439. The molecule has 188 valence electrons. The van der Waals surface area contributed by atoms with Gasteiger partial charge in [0.25, 0.3) is 5.91 Å². The molecular weight excluding hydrogens is 473 g/mol. The maximum Gasteiger partial charge on any atom is 0.250 e. The lowest BCUT2D eigenvalue weighted by atomic mass is 9.90. The molecule has 4 heterocycles. The van der Waals surface area contributed by atoms with Gasteiger partial charge in [-0.25, -0.2) is 9.50 Å². The summed E-state index contributed by atoms with van der Waals surface area (Å²) in [7, 11) is 2.81. The molecule has 2 saturated heterocycles. The molecule has 0 aromatic carbocycles. The minimum absolute atomic E-state index is 0.0876. The largest absolute Gasteiger partial charge is 0.353 e. The summed E-state index contributed by atoms with van der Waals surface area (Å²) in [5, 5.41) is 18.5. The number of amides is 1. The number of nitriles is 1. The molecule has 10 heteroatoms. The molecule has 0 spiro atoms. The van der Waals surface area contributed by atoms with E-state index in [4.69, 9.17) is 10.1 Å². The van der Waals surface area contributed by atoms with Crippen LogP contribution < -0.4 is 4.90 Å². The highest BCUT2D eigenvalue weighted by Gasteiger charge is 2.36. The fourth-order valence-electron chi connectivity index (χ4n) is 5.74. The monoisotopic (exact) mass is 505 g/mol. The Morgan fingerprint density at radius 3 is 2.75 bits per heavy atom. The summed E-state index contributed by atoms with van der Waals surface area (Å²) < 4.78 is 1.77. The van der Waals surface area contributed by atoms with Crippen molar-refractivity contribution in [3.8, 4) is 6.07 Å². The molecule has 2 fully saturated rings. The number of nitrogens with zero attached hydrogens (tertiary/aromatic N) is 7. The second-order valence-electron chi connectivity index (χ2n) is 10.2. The smallest absolute Gasteiger partial charge is 0.250 e. The molecule has 2 aromatic heterocycles. The first-order valence-electron chi connectivity index (χ1n) is 12.6. The summed E-state index contributed by atoms with van der Waals surface area (Å²) in [6.07, 6.45) is 6.55. The van der Waals surface area contributed by atoms with E-state index in [0.717, 1.165) is 72.2 Å². The van der Waals surface area contributed by atoms with Crippen molar-refractivity contribution in [3.05, 3.63) is 50.5 Å². The number of aryl methyl sites for hydroxylation is 1. The van der Waals surface area contributed by atoms with E-state index in [2.05, 4.69) is 34.3 Å². The lowest BCUT2D eigenvalue weighted by molar-refractivity contribution is -0.131. The molecule has 36 heavy (non-hydrogen) atoms. The third kappa shape index (κ3) is 4.22. The highest BCUT2D eigenvalue weighted by Crippen LogP contribution is 2.38. The van der Waals surface area contributed by atoms with Crippen molar-refractivity contribution in [1.82, 2.24) is 19.5 Å². The second-order valence-corrected chi connectivity index (χ2v) is 10.8. The van der Waals surface area contributed by atoms with Gasteiger partial charge in [0.1, 0.15) is 11.9 Å². The minimum Gasteiger partial charge on any atom is -0.353 e. The Morgan fingerprint density at radius 2 is 2.03 bits per heavy atom. The summed E-state index contributed by atoms with van der Waals surface area (Å²) in [6, 6.07) is 3.53. The Morgan fingerprint density at radius 1 is 1.22 bits per heavy atom. The number of aromatic nitrogens is 3. The minimum atomic E-state index is -0.548. The number of nitroso groups, excluding NO2 is 1. The number of carbonyl (C=O) groups is 1. The topological polar surface area (TPSA) is 107 Å². The van der Waals surface area contributed by atoms with Gasteiger partial charge < -0.3 is 9.80 Å². The van der Waals surface area contributed by atoms with E-state index < -0.39 is 12.0 Å². The van der Waals surface area contributed by atoms with Crippen LogP contribution in [0.1, 0.15) is 63.3 Å². The quantitative estimate of drug-likeness (QED) is 0.449. The van der Waals surface area contributed by atoms with Crippen LogP contribution in [0, 0.1) is 29.1 Å². The van der Waals surface area contributed by atoms with Crippen LogP contribution in [-0.2, 0) is 4.79 Å². The Bertz CT molecular complexity index is 1340. The van der Waals surface area contributed by atoms with Crippen LogP contribution in [0.25, 0.3) is 5.65 Å². The van der Waals surface area contributed by atoms with Gasteiger partial charge in [0.2, 0.25) is 0 Å². The fraction of sp³-hybridized carbons (Fsp3) is 0.538. The van der Waals surface area contributed by atoms with Crippen LogP contribution in [0.4, 0.5) is 5.82 Å². The average molecular weight is 506 g/mol. The van der Waals surface area contributed by atoms with Gasteiger partial charge in [0.15, 0.2) is 5.65 Å². The lowest BCUT2D eigenvalue weighted by Gasteiger charge is -2.36. The maximum absolute atomic E-state index is 13.7. The van der Waals surface area contributed by atoms with Crippen LogP contribution in [0.15, 0.2) is 39.5 Å². The molecule has 2 aliphatic heterocycles. The standard InChI is InChI=1S/C26H32N7O2P/c1-15-7-8-19(17(3)24(15)36)26(34)32-9-5-4-6-22(32)20-10-23-28-25(16(2)12-33(23)29-20)31-13-18(11-27)21(14-31)30-35/h10,12,18,21-22H,4-9,13-14,36H2,1-3H3/t18?,21?,22-/m0/s1. The van der Waals surface area contributed by atoms with Crippen molar-refractivity contribution in [2.45, 2.75) is 65.0 Å². The number of anilines is 1. The van der Waals surface area contributed by atoms with E-state index in [-0.39, 0.29) is 11.9 Å². The SMILES string of the molecule is CC1=C(P)C(C)=C(C(=O)N2CCCC[C@H]2c2cc3nc(N4CC(C#N)C(N=O)C4)c(C)cn3n2)CC1. The van der Waals surface area contributed by atoms with Gasteiger partial charge in [-0.2, -0.15) is 15.3 Å². The first kappa shape index (κ1) is 24.6. The number of allylic oxidation sites excluding steroid dienone is 3. The summed E-state index contributed by atoms with van der Waals surface area (Å²) in [4.78, 5) is 33.7. The Labute approximate surface area is 213 Å². The van der Waals surface area contributed by atoms with Crippen molar-refractivity contribution in [1.29, 1.82) is 5.26 Å². The predicted octanol–water partition coefficient (Wildman–Crippen LogP) is 4.45. The van der Waals surface area contributed by atoms with Crippen LogP contribution in [0.2, 0.25) is 0 Å². The first-order valence-corrected chi connectivity index (χ1v) is 13.2. The van der Waals surface area contributed by atoms with Crippen molar-refractivity contribution in [2.24, 2.45) is 11.1 Å². The molecule has 4 atom stereocenters. The van der Waals surface area contributed by atoms with Crippen LogP contribution in [0.3, 0.4) is 0 Å². The summed E-state index contributed by atoms with van der Waals surface area (Å²) in [5.41, 5.74) is 5.78. The van der Waals surface area contributed by atoms with Gasteiger partial charge in [-0.05, 0) is 63.8 Å². The zero-order valence-corrected chi connectivity index (χ0v) is 22.2. The van der Waals surface area contributed by atoms with E-state index in [0.29, 0.717) is 18.7 Å². The third-order valence-electron chi connectivity index (χ3n) is 7.94. The molecule has 9 nitrogen and oxygen atoms in total.